The molecule has 2 heterocycles. The Hall–Kier alpha value is -1.47. The Morgan fingerprint density at radius 3 is 1.17 bits per heavy atom. The molecule has 3 rings (SSSR count). The van der Waals surface area contributed by atoms with E-state index in [1.807, 2.05) is 0 Å². The maximum atomic E-state index is 4.81. The second-order valence-corrected chi connectivity index (χ2v) is 5.75. The summed E-state index contributed by atoms with van der Waals surface area (Å²) >= 11 is 0. The molecular formula is C20H26N2Ni. The summed E-state index contributed by atoms with van der Waals surface area (Å²) in [5.41, 5.74) is 9.44. The van der Waals surface area contributed by atoms with Gasteiger partial charge in [-0.2, -0.15) is 0 Å². The van der Waals surface area contributed by atoms with Crippen molar-refractivity contribution in [1.82, 2.24) is 9.97 Å². The minimum absolute atomic E-state index is 0. The van der Waals surface area contributed by atoms with Crippen molar-refractivity contribution in [1.29, 1.82) is 0 Å². The first-order valence-electron chi connectivity index (χ1n) is 7.06. The predicted octanol–water partition coefficient (Wildman–Crippen LogP) is 5.53. The number of aryl methyl sites for hydroxylation is 4. The smallest absolute Gasteiger partial charge is 0.358 e. The van der Waals surface area contributed by atoms with Crippen molar-refractivity contribution >= 4 is 21.8 Å². The number of rotatable bonds is 0. The van der Waals surface area contributed by atoms with Crippen LogP contribution in [0.3, 0.4) is 0 Å². The number of benzene rings is 1. The van der Waals surface area contributed by atoms with Gasteiger partial charge in [-0.05, 0) is 63.8 Å². The number of fused-ring (bicyclic) bond motifs is 3. The van der Waals surface area contributed by atoms with Gasteiger partial charge >= 0.3 is 16.5 Å². The van der Waals surface area contributed by atoms with Crippen molar-refractivity contribution < 1.29 is 16.5 Å². The summed E-state index contributed by atoms with van der Waals surface area (Å²) < 4.78 is 0. The molecule has 0 amide bonds. The summed E-state index contributed by atoms with van der Waals surface area (Å²) in [6, 6.07) is 4.38. The van der Waals surface area contributed by atoms with Gasteiger partial charge in [-0.1, -0.05) is 12.1 Å². The van der Waals surface area contributed by atoms with Crippen LogP contribution in [0.2, 0.25) is 0 Å². The second-order valence-electron chi connectivity index (χ2n) is 5.75. The first-order chi connectivity index (χ1) is 9.41. The summed E-state index contributed by atoms with van der Waals surface area (Å²) in [6.07, 6.45) is 0. The van der Waals surface area contributed by atoms with Crippen molar-refractivity contribution in [2.45, 2.75) is 41.5 Å². The SMILES string of the molecule is Cc1nc2c(ccc3c(C)c(C)c(C)nc32)c(C)c1C.[CH3-].[CH3-].[Ni+2]. The quantitative estimate of drug-likeness (QED) is 0.302. The first-order valence-corrected chi connectivity index (χ1v) is 7.06. The fraction of sp³-hybridized carbons (Fsp3) is 0.300. The van der Waals surface area contributed by atoms with Crippen molar-refractivity contribution in [3.05, 3.63) is 60.6 Å². The van der Waals surface area contributed by atoms with Gasteiger partial charge in [0.15, 0.2) is 0 Å². The molecule has 2 nitrogen and oxygen atoms in total. The molecule has 23 heavy (non-hydrogen) atoms. The summed E-state index contributed by atoms with van der Waals surface area (Å²) in [5, 5.41) is 2.44. The van der Waals surface area contributed by atoms with E-state index in [-0.39, 0.29) is 31.3 Å². The third-order valence-electron chi connectivity index (χ3n) is 4.73. The maximum absolute atomic E-state index is 4.81. The number of nitrogens with zero attached hydrogens (tertiary/aromatic N) is 2. The van der Waals surface area contributed by atoms with E-state index in [1.54, 1.807) is 0 Å². The van der Waals surface area contributed by atoms with E-state index in [9.17, 15) is 0 Å². The van der Waals surface area contributed by atoms with Gasteiger partial charge in [-0.25, -0.2) is 0 Å². The Morgan fingerprint density at radius 1 is 0.565 bits per heavy atom. The Bertz CT molecular complexity index is 794. The molecule has 0 aliphatic heterocycles. The van der Waals surface area contributed by atoms with Crippen molar-refractivity contribution in [2.75, 3.05) is 0 Å². The molecule has 0 spiro atoms. The molecular weight excluding hydrogens is 327 g/mol. The van der Waals surface area contributed by atoms with E-state index >= 15 is 0 Å². The Labute approximate surface area is 150 Å². The fourth-order valence-corrected chi connectivity index (χ4v) is 2.86. The molecule has 0 bridgehead atoms. The van der Waals surface area contributed by atoms with Crippen molar-refractivity contribution in [3.8, 4) is 0 Å². The average Bonchev–Trinajstić information content (AvgIpc) is 2.42. The molecule has 0 saturated heterocycles. The number of hydrogen-bond donors (Lipinski definition) is 0. The predicted molar refractivity (Wildman–Crippen MR) is 98.3 cm³/mol. The summed E-state index contributed by atoms with van der Waals surface area (Å²) in [6.45, 7) is 12.8. The second kappa shape index (κ2) is 7.40. The zero-order valence-corrected chi connectivity index (χ0v) is 16.4. The van der Waals surface area contributed by atoms with Gasteiger partial charge in [0.2, 0.25) is 0 Å². The van der Waals surface area contributed by atoms with Crippen molar-refractivity contribution in [2.24, 2.45) is 0 Å². The fourth-order valence-electron chi connectivity index (χ4n) is 2.86. The van der Waals surface area contributed by atoms with Crippen LogP contribution in [-0.4, -0.2) is 9.97 Å². The molecule has 0 radical (unpaired) electrons. The summed E-state index contributed by atoms with van der Waals surface area (Å²) in [5.74, 6) is 0. The van der Waals surface area contributed by atoms with Gasteiger partial charge in [0.05, 0.1) is 11.0 Å². The largest absolute Gasteiger partial charge is 2.00 e. The van der Waals surface area contributed by atoms with E-state index in [0.717, 1.165) is 22.4 Å². The third kappa shape index (κ3) is 3.12. The molecule has 0 unspecified atom stereocenters. The molecule has 0 aliphatic carbocycles. The molecule has 3 heteroatoms. The zero-order valence-electron chi connectivity index (χ0n) is 15.4. The minimum Gasteiger partial charge on any atom is -0.358 e. The molecule has 0 aliphatic rings. The topological polar surface area (TPSA) is 25.8 Å². The van der Waals surface area contributed by atoms with Crippen LogP contribution >= 0.6 is 0 Å². The van der Waals surface area contributed by atoms with E-state index in [0.29, 0.717) is 0 Å². The van der Waals surface area contributed by atoms with Crippen LogP contribution in [0.5, 0.6) is 0 Å². The molecule has 0 N–H and O–H groups in total. The molecule has 3 aromatic rings. The monoisotopic (exact) mass is 352 g/mol. The van der Waals surface area contributed by atoms with Gasteiger partial charge in [-0.3, -0.25) is 9.97 Å². The van der Waals surface area contributed by atoms with E-state index in [1.165, 1.54) is 33.0 Å². The molecule has 0 atom stereocenters. The molecule has 2 aromatic heterocycles. The number of pyridine rings is 2. The van der Waals surface area contributed by atoms with Gasteiger partial charge in [0.1, 0.15) is 0 Å². The minimum atomic E-state index is 0. The van der Waals surface area contributed by atoms with E-state index in [4.69, 9.17) is 9.97 Å². The number of aromatic nitrogens is 2. The van der Waals surface area contributed by atoms with Gasteiger partial charge in [0, 0.05) is 22.2 Å². The van der Waals surface area contributed by atoms with Crippen LogP contribution in [0.4, 0.5) is 0 Å². The van der Waals surface area contributed by atoms with Crippen LogP contribution in [-0.2, 0) is 16.5 Å². The van der Waals surface area contributed by atoms with Crippen molar-refractivity contribution in [3.63, 3.8) is 0 Å². The molecule has 0 fully saturated rings. The number of hydrogen-bond acceptors (Lipinski definition) is 2. The molecule has 126 valence electrons. The van der Waals surface area contributed by atoms with Gasteiger partial charge in [-0.15, -0.1) is 0 Å². The van der Waals surface area contributed by atoms with Crippen LogP contribution in [0.1, 0.15) is 33.6 Å². The van der Waals surface area contributed by atoms with Gasteiger partial charge < -0.3 is 14.9 Å². The Kier molecular flexibility index (Phi) is 6.93. The third-order valence-corrected chi connectivity index (χ3v) is 4.73. The molecule has 1 aromatic carbocycles. The van der Waals surface area contributed by atoms with Gasteiger partial charge in [0.25, 0.3) is 0 Å². The van der Waals surface area contributed by atoms with Crippen LogP contribution in [0.15, 0.2) is 12.1 Å². The van der Waals surface area contributed by atoms with Crippen LogP contribution in [0.25, 0.3) is 21.8 Å². The summed E-state index contributed by atoms with van der Waals surface area (Å²) in [7, 11) is 0. The molecule has 0 saturated carbocycles. The van der Waals surface area contributed by atoms with E-state index in [2.05, 4.69) is 53.7 Å². The maximum Gasteiger partial charge on any atom is 2.00 e. The standard InChI is InChI=1S/C18H20N2.2CH3.Ni/c1-9-11(3)15-7-8-16-12(4)10(2)14(6)20-18(16)17(15)19-13(9)5;;;/h7-8H,1-6H3;2*1H3;/q;2*-1;+2. The summed E-state index contributed by atoms with van der Waals surface area (Å²) in [4.78, 5) is 9.63. The zero-order chi connectivity index (χ0) is 14.6. The normalized spacial score (nSPS) is 10.0. The Morgan fingerprint density at radius 2 is 0.870 bits per heavy atom. The Balaban J connectivity index is 0.00000161. The first kappa shape index (κ1) is 21.5. The van der Waals surface area contributed by atoms with Crippen LogP contribution < -0.4 is 0 Å². The van der Waals surface area contributed by atoms with E-state index < -0.39 is 0 Å². The average molecular weight is 353 g/mol. The van der Waals surface area contributed by atoms with Crippen LogP contribution in [0, 0.1) is 56.4 Å².